The summed E-state index contributed by atoms with van der Waals surface area (Å²) in [6.45, 7) is 0. The molecule has 82 valence electrons. The van der Waals surface area contributed by atoms with E-state index in [1.54, 1.807) is 24.3 Å². The summed E-state index contributed by atoms with van der Waals surface area (Å²) in [7, 11) is -1.93. The van der Waals surface area contributed by atoms with E-state index in [9.17, 15) is 4.89 Å². The Balaban J connectivity index is 2.35. The molecule has 0 aliphatic rings. The topological polar surface area (TPSA) is 118 Å². The number of hydrogen-bond donors (Lipinski definition) is 2. The van der Waals surface area contributed by atoms with Crippen LogP contribution in [0.15, 0.2) is 35.1 Å². The van der Waals surface area contributed by atoms with Crippen LogP contribution < -0.4 is 21.8 Å². The number of rotatable bonds is 2. The molecule has 0 spiro atoms. The highest BCUT2D eigenvalue weighted by atomic mass is 31.1. The maximum atomic E-state index is 11.8. The molecule has 0 fully saturated rings. The maximum absolute atomic E-state index is 11.8. The lowest BCUT2D eigenvalue weighted by atomic mass is 10.4. The predicted octanol–water partition coefficient (Wildman–Crippen LogP) is -0.528. The second kappa shape index (κ2) is 4.26. The lowest BCUT2D eigenvalue weighted by Gasteiger charge is -1.94. The largest absolute Gasteiger partial charge is 0.607 e. The fraction of sp³-hybridized carbons (Fsp3) is 0. The molecule has 8 heteroatoms. The molecule has 1 heterocycles. The summed E-state index contributed by atoms with van der Waals surface area (Å²) in [6, 6.07) is 8.82. The first-order chi connectivity index (χ1) is 7.68. The van der Waals surface area contributed by atoms with Crippen molar-refractivity contribution in [1.29, 1.82) is 0 Å². The van der Waals surface area contributed by atoms with Crippen molar-refractivity contribution in [3.05, 3.63) is 30.3 Å². The van der Waals surface area contributed by atoms with Crippen molar-refractivity contribution in [3.63, 3.8) is 0 Å². The van der Waals surface area contributed by atoms with Gasteiger partial charge in [0.15, 0.2) is 11.1 Å². The standard InChI is InChI=1S/C8H9N6OP/c9-7-8(11-13-14(7)10)12-16(15)6-4-2-1-3-5-6/h1-5H,9-10H2. The van der Waals surface area contributed by atoms with Crippen LogP contribution >= 0.6 is 7.94 Å². The molecule has 0 aliphatic heterocycles. The average Bonchev–Trinajstić information content (AvgIpc) is 2.62. The van der Waals surface area contributed by atoms with Crippen LogP contribution in [-0.4, -0.2) is 15.1 Å². The minimum atomic E-state index is -1.93. The van der Waals surface area contributed by atoms with E-state index in [1.807, 2.05) is 6.07 Å². The zero-order valence-electron chi connectivity index (χ0n) is 8.19. The van der Waals surface area contributed by atoms with Gasteiger partial charge in [-0.1, -0.05) is 18.2 Å². The van der Waals surface area contributed by atoms with Gasteiger partial charge in [0, 0.05) is 0 Å². The zero-order valence-corrected chi connectivity index (χ0v) is 9.08. The molecule has 0 saturated heterocycles. The lowest BCUT2D eigenvalue weighted by Crippen LogP contribution is -2.13. The third-order valence-corrected chi connectivity index (χ3v) is 2.99. The van der Waals surface area contributed by atoms with Crippen LogP contribution in [0.2, 0.25) is 0 Å². The summed E-state index contributed by atoms with van der Waals surface area (Å²) in [4.78, 5) is 12.7. The first kappa shape index (κ1) is 10.5. The highest BCUT2D eigenvalue weighted by molar-refractivity contribution is 7.48. The Morgan fingerprint density at radius 1 is 1.31 bits per heavy atom. The van der Waals surface area contributed by atoms with E-state index in [1.165, 1.54) is 0 Å². The van der Waals surface area contributed by atoms with Crippen LogP contribution in [-0.2, 0) is 0 Å². The van der Waals surface area contributed by atoms with Crippen molar-refractivity contribution in [3.8, 4) is 0 Å². The van der Waals surface area contributed by atoms with Gasteiger partial charge in [-0.25, -0.2) is 0 Å². The van der Waals surface area contributed by atoms with Crippen LogP contribution in [0.4, 0.5) is 11.6 Å². The smallest absolute Gasteiger partial charge is 0.264 e. The van der Waals surface area contributed by atoms with E-state index in [-0.39, 0.29) is 11.6 Å². The molecule has 16 heavy (non-hydrogen) atoms. The van der Waals surface area contributed by atoms with Gasteiger partial charge in [-0.15, -0.1) is 9.89 Å². The number of nitrogen functional groups attached to an aromatic ring is 2. The van der Waals surface area contributed by atoms with E-state index >= 15 is 0 Å². The summed E-state index contributed by atoms with van der Waals surface area (Å²) >= 11 is 0. The Morgan fingerprint density at radius 2 is 2.00 bits per heavy atom. The van der Waals surface area contributed by atoms with Crippen molar-refractivity contribution < 1.29 is 4.89 Å². The van der Waals surface area contributed by atoms with Crippen molar-refractivity contribution in [2.75, 3.05) is 11.6 Å². The lowest BCUT2D eigenvalue weighted by molar-refractivity contribution is -0.152. The summed E-state index contributed by atoms with van der Waals surface area (Å²) in [5.41, 5.74) is 5.52. The van der Waals surface area contributed by atoms with E-state index in [2.05, 4.69) is 15.1 Å². The third-order valence-electron chi connectivity index (χ3n) is 1.87. The van der Waals surface area contributed by atoms with Gasteiger partial charge < -0.3 is 16.5 Å². The molecular weight excluding hydrogens is 227 g/mol. The van der Waals surface area contributed by atoms with Gasteiger partial charge in [0.2, 0.25) is 7.94 Å². The summed E-state index contributed by atoms with van der Waals surface area (Å²) < 4.78 is 3.86. The molecule has 0 radical (unpaired) electrons. The second-order valence-electron chi connectivity index (χ2n) is 2.95. The molecule has 2 rings (SSSR count). The van der Waals surface area contributed by atoms with Crippen LogP contribution in [0, 0.1) is 0 Å². The number of hydrogen-bond acceptors (Lipinski definition) is 6. The van der Waals surface area contributed by atoms with Crippen LogP contribution in [0.1, 0.15) is 0 Å². The monoisotopic (exact) mass is 236 g/mol. The quantitative estimate of drug-likeness (QED) is 0.536. The van der Waals surface area contributed by atoms with Crippen LogP contribution in [0.3, 0.4) is 0 Å². The Hall–Kier alpha value is -1.98. The molecule has 0 amide bonds. The minimum Gasteiger partial charge on any atom is -0.607 e. The highest BCUT2D eigenvalue weighted by Gasteiger charge is 2.11. The molecule has 1 aromatic heterocycles. The Kier molecular flexibility index (Phi) is 2.80. The molecule has 0 saturated carbocycles. The number of aromatic nitrogens is 3. The van der Waals surface area contributed by atoms with Gasteiger partial charge in [0.05, 0.1) is 0 Å². The number of benzene rings is 1. The maximum Gasteiger partial charge on any atom is 0.264 e. The molecular formula is C8H9N6OP. The Labute approximate surface area is 92.2 Å². The molecule has 0 aliphatic carbocycles. The summed E-state index contributed by atoms with van der Waals surface area (Å²) in [5, 5.41) is 7.65. The molecule has 2 aromatic rings. The van der Waals surface area contributed by atoms with E-state index in [0.29, 0.717) is 5.30 Å². The van der Waals surface area contributed by atoms with Gasteiger partial charge in [-0.05, 0) is 22.1 Å². The fourth-order valence-electron chi connectivity index (χ4n) is 1.06. The van der Waals surface area contributed by atoms with Gasteiger partial charge >= 0.3 is 0 Å². The average molecular weight is 236 g/mol. The highest BCUT2D eigenvalue weighted by Crippen LogP contribution is 2.25. The predicted molar refractivity (Wildman–Crippen MR) is 59.7 cm³/mol. The van der Waals surface area contributed by atoms with Crippen LogP contribution in [0.5, 0.6) is 0 Å². The SMILES string of the molecule is Nc1c(N=[P+]([O-])c2ccccc2)nnn1N. The van der Waals surface area contributed by atoms with E-state index < -0.39 is 7.94 Å². The van der Waals surface area contributed by atoms with Gasteiger partial charge in [0.25, 0.3) is 5.82 Å². The van der Waals surface area contributed by atoms with Crippen molar-refractivity contribution >= 4 is 24.9 Å². The Morgan fingerprint density at radius 3 is 2.56 bits per heavy atom. The second-order valence-corrected chi connectivity index (χ2v) is 4.21. The van der Waals surface area contributed by atoms with E-state index in [0.717, 1.165) is 4.79 Å². The van der Waals surface area contributed by atoms with Gasteiger partial charge in [-0.3, -0.25) is 0 Å². The van der Waals surface area contributed by atoms with Crippen molar-refractivity contribution in [2.24, 2.45) is 4.74 Å². The molecule has 4 N–H and O–H groups in total. The Bertz CT molecular complexity index is 523. The fourth-order valence-corrected chi connectivity index (χ4v) is 1.92. The van der Waals surface area contributed by atoms with E-state index in [4.69, 9.17) is 11.6 Å². The minimum absolute atomic E-state index is 0.0827. The summed E-state index contributed by atoms with van der Waals surface area (Å²) in [5.74, 6) is 5.49. The third kappa shape index (κ3) is 2.00. The molecule has 1 aromatic carbocycles. The summed E-state index contributed by atoms with van der Waals surface area (Å²) in [6.07, 6.45) is 0. The van der Waals surface area contributed by atoms with Gasteiger partial charge in [-0.2, -0.15) is 0 Å². The number of nitrogens with two attached hydrogens (primary N) is 2. The first-order valence-corrected chi connectivity index (χ1v) is 5.60. The number of anilines is 1. The van der Waals surface area contributed by atoms with Gasteiger partial charge in [0.1, 0.15) is 0 Å². The van der Waals surface area contributed by atoms with Crippen molar-refractivity contribution in [2.45, 2.75) is 0 Å². The molecule has 1 atom stereocenters. The van der Waals surface area contributed by atoms with Crippen LogP contribution in [0.25, 0.3) is 0 Å². The molecule has 0 bridgehead atoms. The number of nitrogens with zero attached hydrogens (tertiary/aromatic N) is 4. The first-order valence-electron chi connectivity index (χ1n) is 4.38. The van der Waals surface area contributed by atoms with Crippen molar-refractivity contribution in [1.82, 2.24) is 15.1 Å². The molecule has 7 nitrogen and oxygen atoms in total. The normalized spacial score (nSPS) is 11.7. The molecule has 1 unspecified atom stereocenters. The zero-order chi connectivity index (χ0) is 11.5.